The van der Waals surface area contributed by atoms with E-state index in [1.54, 1.807) is 38.3 Å². The summed E-state index contributed by atoms with van der Waals surface area (Å²) in [5.41, 5.74) is 0.493. The minimum Gasteiger partial charge on any atom is -0.497 e. The second-order valence-electron chi connectivity index (χ2n) is 3.82. The highest BCUT2D eigenvalue weighted by Crippen LogP contribution is 2.11. The molecule has 2 N–H and O–H groups in total. The van der Waals surface area contributed by atoms with E-state index in [0.29, 0.717) is 17.9 Å². The number of likely N-dealkylation sites (N-methyl/N-ethyl adjacent to an activating group) is 1. The summed E-state index contributed by atoms with van der Waals surface area (Å²) >= 11 is 0. The lowest BCUT2D eigenvalue weighted by molar-refractivity contribution is -0.122. The number of methoxy groups -OCH3 is 1. The molecule has 98 valence electrons. The largest absolute Gasteiger partial charge is 0.497 e. The normalized spacial score (nSPS) is 11.5. The molecule has 0 aliphatic heterocycles. The molecular weight excluding hydrogens is 232 g/mol. The quantitative estimate of drug-likeness (QED) is 0.817. The van der Waals surface area contributed by atoms with Gasteiger partial charge in [-0.05, 0) is 38.1 Å². The Labute approximate surface area is 107 Å². The maximum absolute atomic E-state index is 11.8. The van der Waals surface area contributed by atoms with Gasteiger partial charge in [0.05, 0.1) is 7.11 Å². The van der Waals surface area contributed by atoms with E-state index in [4.69, 9.17) is 4.74 Å². The lowest BCUT2D eigenvalue weighted by Gasteiger charge is -2.13. The van der Waals surface area contributed by atoms with Crippen LogP contribution in [0.4, 0.5) is 0 Å². The number of rotatable bonds is 5. The Balaban J connectivity index is 2.61. The Morgan fingerprint density at radius 2 is 1.89 bits per heavy atom. The summed E-state index contributed by atoms with van der Waals surface area (Å²) in [5.74, 6) is 0.207. The van der Waals surface area contributed by atoms with Gasteiger partial charge in [0.25, 0.3) is 5.91 Å². The molecule has 0 aliphatic carbocycles. The Morgan fingerprint density at radius 1 is 1.28 bits per heavy atom. The summed E-state index contributed by atoms with van der Waals surface area (Å²) < 4.78 is 5.00. The van der Waals surface area contributed by atoms with E-state index in [1.165, 1.54) is 0 Å². The average molecular weight is 250 g/mol. The molecule has 0 aliphatic rings. The molecule has 0 saturated heterocycles. The van der Waals surface area contributed by atoms with Crippen molar-refractivity contribution in [2.24, 2.45) is 0 Å². The van der Waals surface area contributed by atoms with Crippen LogP contribution in [0, 0.1) is 0 Å². The van der Waals surface area contributed by atoms with E-state index >= 15 is 0 Å². The van der Waals surface area contributed by atoms with Gasteiger partial charge < -0.3 is 15.4 Å². The predicted molar refractivity (Wildman–Crippen MR) is 68.6 cm³/mol. The molecule has 2 amide bonds. The molecule has 1 aromatic rings. The number of hydrogen-bond donors (Lipinski definition) is 2. The van der Waals surface area contributed by atoms with Crippen molar-refractivity contribution >= 4 is 11.8 Å². The van der Waals surface area contributed by atoms with Crippen LogP contribution in [0.15, 0.2) is 24.3 Å². The first-order valence-electron chi connectivity index (χ1n) is 5.81. The topological polar surface area (TPSA) is 67.4 Å². The predicted octanol–water partition coefficient (Wildman–Crippen LogP) is 0.950. The van der Waals surface area contributed by atoms with Crippen LogP contribution in [0.1, 0.15) is 24.2 Å². The number of nitrogens with one attached hydrogen (secondary N) is 2. The van der Waals surface area contributed by atoms with Crippen LogP contribution in [0.5, 0.6) is 5.75 Å². The fourth-order valence-corrected chi connectivity index (χ4v) is 1.42. The maximum atomic E-state index is 11.8. The van der Waals surface area contributed by atoms with E-state index in [1.807, 2.05) is 6.92 Å². The zero-order chi connectivity index (χ0) is 13.5. The number of ether oxygens (including phenoxy) is 1. The Hall–Kier alpha value is -2.04. The lowest BCUT2D eigenvalue weighted by Crippen LogP contribution is -2.44. The lowest BCUT2D eigenvalue weighted by atomic mass is 10.2. The highest BCUT2D eigenvalue weighted by Gasteiger charge is 2.15. The first kappa shape index (κ1) is 14.0. The monoisotopic (exact) mass is 250 g/mol. The number of benzene rings is 1. The molecule has 0 fully saturated rings. The molecule has 1 aromatic carbocycles. The van der Waals surface area contributed by atoms with Crippen molar-refractivity contribution < 1.29 is 14.3 Å². The Kier molecular flexibility index (Phi) is 5.17. The van der Waals surface area contributed by atoms with Crippen molar-refractivity contribution in [3.8, 4) is 5.75 Å². The van der Waals surface area contributed by atoms with Gasteiger partial charge in [0.15, 0.2) is 0 Å². The summed E-state index contributed by atoms with van der Waals surface area (Å²) in [7, 11) is 1.56. The van der Waals surface area contributed by atoms with Crippen molar-refractivity contribution in [2.45, 2.75) is 19.9 Å². The molecule has 0 bridgehead atoms. The van der Waals surface area contributed by atoms with Gasteiger partial charge in [0.1, 0.15) is 11.8 Å². The van der Waals surface area contributed by atoms with Crippen LogP contribution < -0.4 is 15.4 Å². The number of carbonyl (C=O) groups is 2. The van der Waals surface area contributed by atoms with E-state index < -0.39 is 6.04 Å². The van der Waals surface area contributed by atoms with Crippen LogP contribution >= 0.6 is 0 Å². The highest BCUT2D eigenvalue weighted by molar-refractivity contribution is 5.97. The summed E-state index contributed by atoms with van der Waals surface area (Å²) in [6, 6.07) is 6.15. The molecule has 5 nitrogen and oxygen atoms in total. The third-order valence-corrected chi connectivity index (χ3v) is 2.44. The van der Waals surface area contributed by atoms with Crippen LogP contribution in [-0.2, 0) is 4.79 Å². The average Bonchev–Trinajstić information content (AvgIpc) is 2.39. The SMILES string of the molecule is CCNC(=O)C(C)NC(=O)c1ccc(OC)cc1. The van der Waals surface area contributed by atoms with Gasteiger partial charge in [-0.3, -0.25) is 9.59 Å². The maximum Gasteiger partial charge on any atom is 0.251 e. The van der Waals surface area contributed by atoms with Crippen LogP contribution in [0.25, 0.3) is 0 Å². The first-order valence-corrected chi connectivity index (χ1v) is 5.81. The molecule has 5 heteroatoms. The van der Waals surface area contributed by atoms with Crippen molar-refractivity contribution in [1.29, 1.82) is 0 Å². The minimum absolute atomic E-state index is 0.195. The van der Waals surface area contributed by atoms with Crippen molar-refractivity contribution in [3.63, 3.8) is 0 Å². The second kappa shape index (κ2) is 6.64. The van der Waals surface area contributed by atoms with Gasteiger partial charge in [-0.1, -0.05) is 0 Å². The van der Waals surface area contributed by atoms with Gasteiger partial charge in [0, 0.05) is 12.1 Å². The molecule has 0 heterocycles. The summed E-state index contributed by atoms with van der Waals surface area (Å²) in [4.78, 5) is 23.3. The third kappa shape index (κ3) is 3.76. The van der Waals surface area contributed by atoms with Gasteiger partial charge >= 0.3 is 0 Å². The van der Waals surface area contributed by atoms with Crippen LogP contribution in [-0.4, -0.2) is 31.5 Å². The van der Waals surface area contributed by atoms with Gasteiger partial charge in [-0.25, -0.2) is 0 Å². The van der Waals surface area contributed by atoms with Gasteiger partial charge in [-0.2, -0.15) is 0 Å². The highest BCUT2D eigenvalue weighted by atomic mass is 16.5. The Bertz CT molecular complexity index is 415. The molecule has 1 rings (SSSR count). The first-order chi connectivity index (χ1) is 8.58. The van der Waals surface area contributed by atoms with E-state index in [2.05, 4.69) is 10.6 Å². The molecule has 18 heavy (non-hydrogen) atoms. The smallest absolute Gasteiger partial charge is 0.251 e. The van der Waals surface area contributed by atoms with Gasteiger partial charge in [0.2, 0.25) is 5.91 Å². The van der Waals surface area contributed by atoms with Crippen molar-refractivity contribution in [1.82, 2.24) is 10.6 Å². The molecule has 0 radical (unpaired) electrons. The van der Waals surface area contributed by atoms with Crippen molar-refractivity contribution in [2.75, 3.05) is 13.7 Å². The van der Waals surface area contributed by atoms with Gasteiger partial charge in [-0.15, -0.1) is 0 Å². The van der Waals surface area contributed by atoms with Crippen molar-refractivity contribution in [3.05, 3.63) is 29.8 Å². The Morgan fingerprint density at radius 3 is 2.39 bits per heavy atom. The fourth-order valence-electron chi connectivity index (χ4n) is 1.42. The summed E-state index contributed by atoms with van der Waals surface area (Å²) in [6.07, 6.45) is 0. The molecule has 0 saturated carbocycles. The number of hydrogen-bond acceptors (Lipinski definition) is 3. The summed E-state index contributed by atoms with van der Waals surface area (Å²) in [5, 5.41) is 5.27. The number of amides is 2. The van der Waals surface area contributed by atoms with Crippen LogP contribution in [0.2, 0.25) is 0 Å². The third-order valence-electron chi connectivity index (χ3n) is 2.44. The molecular formula is C13H18N2O3. The van der Waals surface area contributed by atoms with Crippen LogP contribution in [0.3, 0.4) is 0 Å². The second-order valence-corrected chi connectivity index (χ2v) is 3.82. The molecule has 0 aromatic heterocycles. The molecule has 0 spiro atoms. The molecule has 1 unspecified atom stereocenters. The standard InChI is InChI=1S/C13H18N2O3/c1-4-14-12(16)9(2)15-13(17)10-5-7-11(18-3)8-6-10/h5-9H,4H2,1-3H3,(H,14,16)(H,15,17). The minimum atomic E-state index is -0.556. The van der Waals surface area contributed by atoms with E-state index in [-0.39, 0.29) is 11.8 Å². The summed E-state index contributed by atoms with van der Waals surface area (Å²) in [6.45, 7) is 4.02. The fraction of sp³-hybridized carbons (Fsp3) is 0.385. The van der Waals surface area contributed by atoms with E-state index in [0.717, 1.165) is 0 Å². The zero-order valence-electron chi connectivity index (χ0n) is 10.8. The van der Waals surface area contributed by atoms with E-state index in [9.17, 15) is 9.59 Å². The zero-order valence-corrected chi connectivity index (χ0v) is 10.8. The molecule has 1 atom stereocenters. The number of carbonyl (C=O) groups excluding carboxylic acids is 2.